The van der Waals surface area contributed by atoms with E-state index in [0.29, 0.717) is 19.0 Å². The van der Waals surface area contributed by atoms with Crippen LogP contribution >= 0.6 is 0 Å². The van der Waals surface area contributed by atoms with Crippen LogP contribution in [-0.2, 0) is 10.0 Å². The van der Waals surface area contributed by atoms with E-state index in [0.717, 1.165) is 12.8 Å². The van der Waals surface area contributed by atoms with Gasteiger partial charge >= 0.3 is 0 Å². The predicted octanol–water partition coefficient (Wildman–Crippen LogP) is 1.18. The van der Waals surface area contributed by atoms with Gasteiger partial charge in [0.2, 0.25) is 10.0 Å². The Morgan fingerprint density at radius 2 is 1.84 bits per heavy atom. The molecule has 1 aromatic carbocycles. The Bertz CT molecular complexity index is 573. The van der Waals surface area contributed by atoms with Crippen molar-refractivity contribution in [1.29, 1.82) is 0 Å². The standard InChI is InChI=1S/C13H17FN2O2S/c14-10-2-4-11(5-3-10)19(17,18)16-7-9-1-6-13(15)12(9)8-16/h2-5,9,12-13H,1,6-8,15H2. The molecular weight excluding hydrogens is 267 g/mol. The molecule has 19 heavy (non-hydrogen) atoms. The van der Waals surface area contributed by atoms with E-state index < -0.39 is 15.8 Å². The molecule has 2 N–H and O–H groups in total. The summed E-state index contributed by atoms with van der Waals surface area (Å²) in [4.78, 5) is 0.155. The van der Waals surface area contributed by atoms with Gasteiger partial charge in [0.25, 0.3) is 0 Å². The highest BCUT2D eigenvalue weighted by atomic mass is 32.2. The molecule has 3 atom stereocenters. The van der Waals surface area contributed by atoms with E-state index in [1.165, 1.54) is 28.6 Å². The van der Waals surface area contributed by atoms with Crippen LogP contribution in [0.25, 0.3) is 0 Å². The second-order valence-corrected chi connectivity index (χ2v) is 7.38. The van der Waals surface area contributed by atoms with Gasteiger partial charge in [-0.3, -0.25) is 0 Å². The molecule has 1 saturated carbocycles. The zero-order valence-corrected chi connectivity index (χ0v) is 11.3. The molecule has 0 amide bonds. The third-order valence-electron chi connectivity index (χ3n) is 4.33. The molecule has 1 saturated heterocycles. The van der Waals surface area contributed by atoms with Gasteiger partial charge in [0.1, 0.15) is 5.82 Å². The summed E-state index contributed by atoms with van der Waals surface area (Å²) in [5.41, 5.74) is 6.01. The number of nitrogens with two attached hydrogens (primary N) is 1. The number of sulfonamides is 1. The lowest BCUT2D eigenvalue weighted by Crippen LogP contribution is -2.33. The van der Waals surface area contributed by atoms with E-state index in [4.69, 9.17) is 5.73 Å². The second kappa shape index (κ2) is 4.54. The summed E-state index contributed by atoms with van der Waals surface area (Å²) in [6.45, 7) is 1.03. The monoisotopic (exact) mass is 284 g/mol. The molecule has 4 nitrogen and oxygen atoms in total. The van der Waals surface area contributed by atoms with Gasteiger partial charge in [0, 0.05) is 19.1 Å². The van der Waals surface area contributed by atoms with E-state index in [9.17, 15) is 12.8 Å². The van der Waals surface area contributed by atoms with Crippen molar-refractivity contribution in [3.8, 4) is 0 Å². The van der Waals surface area contributed by atoms with Gasteiger partial charge in [0.05, 0.1) is 4.90 Å². The summed E-state index contributed by atoms with van der Waals surface area (Å²) in [6, 6.07) is 5.10. The minimum atomic E-state index is -3.51. The van der Waals surface area contributed by atoms with E-state index in [-0.39, 0.29) is 16.9 Å². The molecule has 0 bridgehead atoms. The molecule has 2 aliphatic rings. The lowest BCUT2D eigenvalue weighted by Gasteiger charge is -2.18. The molecule has 1 heterocycles. The first-order valence-corrected chi connectivity index (χ1v) is 7.94. The van der Waals surface area contributed by atoms with Crippen LogP contribution in [0, 0.1) is 17.7 Å². The Balaban J connectivity index is 1.84. The summed E-state index contributed by atoms with van der Waals surface area (Å²) in [6.07, 6.45) is 1.99. The van der Waals surface area contributed by atoms with Gasteiger partial charge in [-0.25, -0.2) is 12.8 Å². The van der Waals surface area contributed by atoms with Crippen molar-refractivity contribution in [1.82, 2.24) is 4.31 Å². The van der Waals surface area contributed by atoms with Crippen molar-refractivity contribution < 1.29 is 12.8 Å². The third-order valence-corrected chi connectivity index (χ3v) is 6.18. The third kappa shape index (κ3) is 2.17. The molecule has 104 valence electrons. The van der Waals surface area contributed by atoms with Gasteiger partial charge in [-0.1, -0.05) is 0 Å². The first kappa shape index (κ1) is 13.0. The van der Waals surface area contributed by atoms with E-state index >= 15 is 0 Å². The van der Waals surface area contributed by atoms with Crippen LogP contribution in [0.15, 0.2) is 29.2 Å². The number of hydrogen-bond acceptors (Lipinski definition) is 3. The van der Waals surface area contributed by atoms with Crippen LogP contribution in [-0.4, -0.2) is 31.9 Å². The minimum absolute atomic E-state index is 0.110. The largest absolute Gasteiger partial charge is 0.327 e. The fraction of sp³-hybridized carbons (Fsp3) is 0.538. The van der Waals surface area contributed by atoms with Crippen LogP contribution in [0.3, 0.4) is 0 Å². The molecular formula is C13H17FN2O2S. The molecule has 3 rings (SSSR count). The Labute approximate surface area is 112 Å². The fourth-order valence-corrected chi connectivity index (χ4v) is 4.75. The van der Waals surface area contributed by atoms with Crippen LogP contribution in [0.5, 0.6) is 0 Å². The minimum Gasteiger partial charge on any atom is -0.327 e. The average molecular weight is 284 g/mol. The zero-order valence-electron chi connectivity index (χ0n) is 10.5. The normalized spacial score (nSPS) is 31.6. The average Bonchev–Trinajstić information content (AvgIpc) is 2.93. The van der Waals surface area contributed by atoms with Crippen LogP contribution in [0.1, 0.15) is 12.8 Å². The van der Waals surface area contributed by atoms with Crippen molar-refractivity contribution in [3.63, 3.8) is 0 Å². The number of hydrogen-bond donors (Lipinski definition) is 1. The molecule has 1 aliphatic carbocycles. The number of benzene rings is 1. The smallest absolute Gasteiger partial charge is 0.243 e. The fourth-order valence-electron chi connectivity index (χ4n) is 3.22. The summed E-state index contributed by atoms with van der Waals surface area (Å²) in [5, 5.41) is 0. The van der Waals surface area contributed by atoms with E-state index in [1.54, 1.807) is 0 Å². The highest BCUT2D eigenvalue weighted by molar-refractivity contribution is 7.89. The maximum Gasteiger partial charge on any atom is 0.243 e. The van der Waals surface area contributed by atoms with Crippen LogP contribution < -0.4 is 5.73 Å². The van der Waals surface area contributed by atoms with Gasteiger partial charge in [0.15, 0.2) is 0 Å². The van der Waals surface area contributed by atoms with Crippen molar-refractivity contribution >= 4 is 10.0 Å². The lowest BCUT2D eigenvalue weighted by molar-refractivity contribution is 0.427. The van der Waals surface area contributed by atoms with Gasteiger partial charge < -0.3 is 5.73 Å². The Hall–Kier alpha value is -0.980. The van der Waals surface area contributed by atoms with E-state index in [2.05, 4.69) is 0 Å². The van der Waals surface area contributed by atoms with E-state index in [1.807, 2.05) is 0 Å². The molecule has 0 spiro atoms. The summed E-state index contributed by atoms with van der Waals surface area (Å²) in [7, 11) is -3.51. The highest BCUT2D eigenvalue weighted by Crippen LogP contribution is 2.39. The Kier molecular flexibility index (Phi) is 3.11. The molecule has 1 aromatic rings. The highest BCUT2D eigenvalue weighted by Gasteiger charge is 2.44. The summed E-state index contributed by atoms with van der Waals surface area (Å²) < 4.78 is 39.3. The Morgan fingerprint density at radius 1 is 1.16 bits per heavy atom. The van der Waals surface area contributed by atoms with Crippen LogP contribution in [0.4, 0.5) is 4.39 Å². The van der Waals surface area contributed by atoms with Crippen molar-refractivity contribution in [3.05, 3.63) is 30.1 Å². The predicted molar refractivity (Wildman–Crippen MR) is 69.3 cm³/mol. The van der Waals surface area contributed by atoms with Gasteiger partial charge in [-0.05, 0) is 48.9 Å². The molecule has 1 aliphatic heterocycles. The molecule has 6 heteroatoms. The van der Waals surface area contributed by atoms with Crippen LogP contribution in [0.2, 0.25) is 0 Å². The summed E-state index contributed by atoms with van der Waals surface area (Å²) in [5.74, 6) is 0.222. The number of rotatable bonds is 2. The van der Waals surface area contributed by atoms with Gasteiger partial charge in [-0.2, -0.15) is 4.31 Å². The topological polar surface area (TPSA) is 63.4 Å². The maximum absolute atomic E-state index is 12.9. The maximum atomic E-state index is 12.9. The lowest BCUT2D eigenvalue weighted by atomic mass is 9.98. The second-order valence-electron chi connectivity index (χ2n) is 5.44. The number of fused-ring (bicyclic) bond motifs is 1. The Morgan fingerprint density at radius 3 is 2.47 bits per heavy atom. The van der Waals surface area contributed by atoms with Crippen molar-refractivity contribution in [2.75, 3.05) is 13.1 Å². The van der Waals surface area contributed by atoms with Gasteiger partial charge in [-0.15, -0.1) is 0 Å². The van der Waals surface area contributed by atoms with Crippen molar-refractivity contribution in [2.24, 2.45) is 17.6 Å². The first-order chi connectivity index (χ1) is 8.98. The SMILES string of the molecule is NC1CCC2CN(S(=O)(=O)c3ccc(F)cc3)CC12. The molecule has 0 aromatic heterocycles. The van der Waals surface area contributed by atoms with Crippen molar-refractivity contribution in [2.45, 2.75) is 23.8 Å². The molecule has 3 unspecified atom stereocenters. The first-order valence-electron chi connectivity index (χ1n) is 6.50. The number of nitrogens with zero attached hydrogens (tertiary/aromatic N) is 1. The summed E-state index contributed by atoms with van der Waals surface area (Å²) >= 11 is 0. The zero-order chi connectivity index (χ0) is 13.6. The number of halogens is 1. The quantitative estimate of drug-likeness (QED) is 0.887. The molecule has 2 fully saturated rings. The molecule has 0 radical (unpaired) electrons.